The fraction of sp³-hybridized carbons (Fsp3) is 0.273. The molecule has 1 heterocycles. The smallest absolute Gasteiger partial charge is 0.262 e. The summed E-state index contributed by atoms with van der Waals surface area (Å²) in [7, 11) is -2.32. The van der Waals surface area contributed by atoms with Crippen LogP contribution in [0.25, 0.3) is 0 Å². The predicted molar refractivity (Wildman–Crippen MR) is 119 cm³/mol. The van der Waals surface area contributed by atoms with Crippen LogP contribution >= 0.6 is 0 Å². The molecule has 3 aromatic rings. The summed E-state index contributed by atoms with van der Waals surface area (Å²) in [6.07, 6.45) is 4.43. The average Bonchev–Trinajstić information content (AvgIpc) is 3.16. The number of nitrogens with one attached hydrogen (secondary N) is 2. The third-order valence-electron chi connectivity index (χ3n) is 4.69. The van der Waals surface area contributed by atoms with Crippen molar-refractivity contribution < 1.29 is 17.9 Å². The number of anilines is 1. The largest absolute Gasteiger partial charge is 0.497 e. The quantitative estimate of drug-likeness (QED) is 0.496. The van der Waals surface area contributed by atoms with Crippen LogP contribution in [0.15, 0.2) is 59.8 Å². The minimum absolute atomic E-state index is 0.0583. The van der Waals surface area contributed by atoms with Gasteiger partial charge in [0, 0.05) is 30.5 Å². The van der Waals surface area contributed by atoms with Crippen LogP contribution in [0.5, 0.6) is 5.75 Å². The Morgan fingerprint density at radius 3 is 2.52 bits per heavy atom. The number of amides is 1. The summed E-state index contributed by atoms with van der Waals surface area (Å²) >= 11 is 0. The van der Waals surface area contributed by atoms with Crippen molar-refractivity contribution in [2.45, 2.75) is 31.7 Å². The first kappa shape index (κ1) is 22.4. The molecule has 2 aromatic carbocycles. The second kappa shape index (κ2) is 9.65. The van der Waals surface area contributed by atoms with Gasteiger partial charge in [-0.15, -0.1) is 0 Å². The SMILES string of the molecule is COc1ccc(NS(=O)(=O)c2cc(C(=O)NCCCn3cc(C)cn3)ccc2C)cc1. The number of carbonyl (C=O) groups excluding carboxylic acids is 1. The Morgan fingerprint density at radius 2 is 1.87 bits per heavy atom. The molecule has 2 N–H and O–H groups in total. The lowest BCUT2D eigenvalue weighted by atomic mass is 10.1. The first-order valence-corrected chi connectivity index (χ1v) is 11.3. The van der Waals surface area contributed by atoms with Crippen LogP contribution in [-0.2, 0) is 16.6 Å². The molecule has 1 aromatic heterocycles. The molecule has 8 nitrogen and oxygen atoms in total. The lowest BCUT2D eigenvalue weighted by molar-refractivity contribution is 0.0952. The van der Waals surface area contributed by atoms with Crippen molar-refractivity contribution in [1.82, 2.24) is 15.1 Å². The maximum Gasteiger partial charge on any atom is 0.262 e. The molecule has 0 unspecified atom stereocenters. The van der Waals surface area contributed by atoms with Crippen molar-refractivity contribution in [3.8, 4) is 5.75 Å². The summed E-state index contributed by atoms with van der Waals surface area (Å²) < 4.78 is 35.2. The first-order chi connectivity index (χ1) is 14.8. The molecule has 0 aliphatic carbocycles. The summed E-state index contributed by atoms with van der Waals surface area (Å²) in [5, 5.41) is 7.03. The first-order valence-electron chi connectivity index (χ1n) is 9.83. The Bertz CT molecular complexity index is 1150. The van der Waals surface area contributed by atoms with Crippen LogP contribution in [0, 0.1) is 13.8 Å². The van der Waals surface area contributed by atoms with Crippen LogP contribution in [-0.4, -0.2) is 37.8 Å². The zero-order valence-electron chi connectivity index (χ0n) is 17.8. The fourth-order valence-electron chi connectivity index (χ4n) is 3.03. The Balaban J connectivity index is 1.65. The minimum atomic E-state index is -3.86. The lowest BCUT2D eigenvalue weighted by Crippen LogP contribution is -2.26. The van der Waals surface area contributed by atoms with Gasteiger partial charge >= 0.3 is 0 Å². The van der Waals surface area contributed by atoms with Gasteiger partial charge in [0.25, 0.3) is 15.9 Å². The van der Waals surface area contributed by atoms with Gasteiger partial charge in [0.05, 0.1) is 18.2 Å². The highest BCUT2D eigenvalue weighted by molar-refractivity contribution is 7.92. The van der Waals surface area contributed by atoms with Gasteiger partial charge in [0.15, 0.2) is 0 Å². The molecule has 0 bridgehead atoms. The van der Waals surface area contributed by atoms with Gasteiger partial charge in [-0.3, -0.25) is 14.2 Å². The summed E-state index contributed by atoms with van der Waals surface area (Å²) in [4.78, 5) is 12.6. The Labute approximate surface area is 182 Å². The van der Waals surface area contributed by atoms with Gasteiger partial charge in [-0.05, 0) is 67.8 Å². The van der Waals surface area contributed by atoms with Crippen LogP contribution in [0.4, 0.5) is 5.69 Å². The second-order valence-corrected chi connectivity index (χ2v) is 8.86. The number of benzene rings is 2. The van der Waals surface area contributed by atoms with Gasteiger partial charge in [0.1, 0.15) is 5.75 Å². The molecule has 0 saturated carbocycles. The molecule has 9 heteroatoms. The van der Waals surface area contributed by atoms with E-state index in [1.54, 1.807) is 49.5 Å². The van der Waals surface area contributed by atoms with Crippen LogP contribution < -0.4 is 14.8 Å². The van der Waals surface area contributed by atoms with E-state index in [0.717, 1.165) is 5.56 Å². The summed E-state index contributed by atoms with van der Waals surface area (Å²) in [6, 6.07) is 11.2. The number of ether oxygens (including phenoxy) is 1. The zero-order chi connectivity index (χ0) is 22.4. The van der Waals surface area contributed by atoms with E-state index < -0.39 is 10.0 Å². The van der Waals surface area contributed by atoms with E-state index in [4.69, 9.17) is 4.74 Å². The molecule has 0 aliphatic heterocycles. The minimum Gasteiger partial charge on any atom is -0.497 e. The molecule has 1 amide bonds. The number of hydrogen-bond donors (Lipinski definition) is 2. The molecule has 0 atom stereocenters. The van der Waals surface area contributed by atoms with Crippen molar-refractivity contribution in [3.05, 3.63) is 71.5 Å². The topological polar surface area (TPSA) is 102 Å². The van der Waals surface area contributed by atoms with Gasteiger partial charge < -0.3 is 10.1 Å². The lowest BCUT2D eigenvalue weighted by Gasteiger charge is -2.13. The highest BCUT2D eigenvalue weighted by atomic mass is 32.2. The third kappa shape index (κ3) is 5.85. The highest BCUT2D eigenvalue weighted by Gasteiger charge is 2.19. The Morgan fingerprint density at radius 1 is 1.13 bits per heavy atom. The van der Waals surface area contributed by atoms with E-state index in [1.807, 2.05) is 17.8 Å². The van der Waals surface area contributed by atoms with Crippen LogP contribution in [0.3, 0.4) is 0 Å². The van der Waals surface area contributed by atoms with Gasteiger partial charge in [-0.25, -0.2) is 8.42 Å². The maximum atomic E-state index is 12.9. The van der Waals surface area contributed by atoms with E-state index in [1.165, 1.54) is 13.2 Å². The molecular weight excluding hydrogens is 416 g/mol. The number of aryl methyl sites for hydroxylation is 3. The summed E-state index contributed by atoms with van der Waals surface area (Å²) in [5.41, 5.74) is 2.33. The Hall–Kier alpha value is -3.33. The molecule has 0 spiro atoms. The van der Waals surface area contributed by atoms with E-state index in [-0.39, 0.29) is 16.4 Å². The van der Waals surface area contributed by atoms with Gasteiger partial charge in [0.2, 0.25) is 0 Å². The third-order valence-corrected chi connectivity index (χ3v) is 6.22. The number of methoxy groups -OCH3 is 1. The number of rotatable bonds is 9. The van der Waals surface area contributed by atoms with Gasteiger partial charge in [-0.2, -0.15) is 5.10 Å². The monoisotopic (exact) mass is 442 g/mol. The Kier molecular flexibility index (Phi) is 6.96. The zero-order valence-corrected chi connectivity index (χ0v) is 18.6. The van der Waals surface area contributed by atoms with E-state index in [0.29, 0.717) is 36.5 Å². The van der Waals surface area contributed by atoms with E-state index >= 15 is 0 Å². The van der Waals surface area contributed by atoms with Crippen LogP contribution in [0.2, 0.25) is 0 Å². The van der Waals surface area contributed by atoms with Crippen LogP contribution in [0.1, 0.15) is 27.9 Å². The molecular formula is C22H26N4O4S. The molecule has 0 radical (unpaired) electrons. The van der Waals surface area contributed by atoms with Crippen molar-refractivity contribution in [3.63, 3.8) is 0 Å². The van der Waals surface area contributed by atoms with E-state index in [2.05, 4.69) is 15.1 Å². The standard InChI is InChI=1S/C22H26N4O4S/c1-16-14-24-26(15-16)12-4-11-23-22(27)18-6-5-17(2)21(13-18)31(28,29)25-19-7-9-20(30-3)10-8-19/h5-10,13-15,25H,4,11-12H2,1-3H3,(H,23,27). The number of carbonyl (C=O) groups is 1. The number of hydrogen-bond acceptors (Lipinski definition) is 5. The number of sulfonamides is 1. The average molecular weight is 443 g/mol. The fourth-order valence-corrected chi connectivity index (χ4v) is 4.36. The highest BCUT2D eigenvalue weighted by Crippen LogP contribution is 2.22. The molecule has 0 fully saturated rings. The van der Waals surface area contributed by atoms with Gasteiger partial charge in [-0.1, -0.05) is 6.07 Å². The molecule has 0 saturated heterocycles. The molecule has 0 aliphatic rings. The molecule has 3 rings (SSSR count). The van der Waals surface area contributed by atoms with Crippen molar-refractivity contribution in [1.29, 1.82) is 0 Å². The number of aromatic nitrogens is 2. The second-order valence-electron chi connectivity index (χ2n) is 7.20. The predicted octanol–water partition coefficient (Wildman–Crippen LogP) is 3.13. The van der Waals surface area contributed by atoms with Crippen molar-refractivity contribution in [2.75, 3.05) is 18.4 Å². The van der Waals surface area contributed by atoms with E-state index in [9.17, 15) is 13.2 Å². The summed E-state index contributed by atoms with van der Waals surface area (Å²) in [5.74, 6) is 0.304. The molecule has 31 heavy (non-hydrogen) atoms. The normalized spacial score (nSPS) is 11.2. The maximum absolute atomic E-state index is 12.9. The molecule has 164 valence electrons. The number of nitrogens with zero attached hydrogens (tertiary/aromatic N) is 2. The van der Waals surface area contributed by atoms with Crippen molar-refractivity contribution >= 4 is 21.6 Å². The van der Waals surface area contributed by atoms with Crippen molar-refractivity contribution in [2.24, 2.45) is 0 Å². The summed E-state index contributed by atoms with van der Waals surface area (Å²) in [6.45, 7) is 4.80.